The third-order valence-electron chi connectivity index (χ3n) is 2.14. The number of carbonyl (C=O) groups is 1. The first-order chi connectivity index (χ1) is 6.61. The standard InChI is InChI=1S/C11H21NO2/c1-5-6-7-8-12(10(2)3)9-11(13)14-4/h5,10H,1,6-9H2,2-4H3. The molecule has 0 fully saturated rings. The smallest absolute Gasteiger partial charge is 0.319 e. The lowest BCUT2D eigenvalue weighted by Gasteiger charge is -2.24. The number of unbranched alkanes of at least 4 members (excludes halogenated alkanes) is 1. The zero-order chi connectivity index (χ0) is 11.0. The van der Waals surface area contributed by atoms with Gasteiger partial charge in [0, 0.05) is 6.04 Å². The summed E-state index contributed by atoms with van der Waals surface area (Å²) in [5.41, 5.74) is 0. The minimum absolute atomic E-state index is 0.169. The predicted molar refractivity (Wildman–Crippen MR) is 58.2 cm³/mol. The van der Waals surface area contributed by atoms with Crippen molar-refractivity contribution in [2.75, 3.05) is 20.2 Å². The molecule has 3 nitrogen and oxygen atoms in total. The summed E-state index contributed by atoms with van der Waals surface area (Å²) >= 11 is 0. The summed E-state index contributed by atoms with van der Waals surface area (Å²) in [6.07, 6.45) is 3.93. The molecule has 82 valence electrons. The van der Waals surface area contributed by atoms with E-state index in [1.54, 1.807) is 0 Å². The molecule has 0 radical (unpaired) electrons. The molecular formula is C11H21NO2. The monoisotopic (exact) mass is 199 g/mol. The van der Waals surface area contributed by atoms with Gasteiger partial charge in [0.2, 0.25) is 0 Å². The van der Waals surface area contributed by atoms with Crippen molar-refractivity contribution in [2.45, 2.75) is 32.7 Å². The van der Waals surface area contributed by atoms with Gasteiger partial charge in [0.25, 0.3) is 0 Å². The second-order valence-electron chi connectivity index (χ2n) is 3.57. The molecule has 0 aliphatic carbocycles. The van der Waals surface area contributed by atoms with Gasteiger partial charge in [0.1, 0.15) is 0 Å². The molecule has 0 amide bonds. The van der Waals surface area contributed by atoms with Crippen LogP contribution in [-0.2, 0) is 9.53 Å². The van der Waals surface area contributed by atoms with Crippen LogP contribution in [0.3, 0.4) is 0 Å². The zero-order valence-electron chi connectivity index (χ0n) is 9.45. The highest BCUT2D eigenvalue weighted by Gasteiger charge is 2.13. The van der Waals surface area contributed by atoms with Gasteiger partial charge in [-0.2, -0.15) is 0 Å². The molecule has 0 aliphatic heterocycles. The molecule has 0 heterocycles. The molecule has 0 unspecified atom stereocenters. The van der Waals surface area contributed by atoms with Gasteiger partial charge in [-0.05, 0) is 33.2 Å². The first-order valence-electron chi connectivity index (χ1n) is 5.03. The summed E-state index contributed by atoms with van der Waals surface area (Å²) in [4.78, 5) is 13.2. The fraction of sp³-hybridized carbons (Fsp3) is 0.727. The maximum absolute atomic E-state index is 11.1. The maximum Gasteiger partial charge on any atom is 0.319 e. The van der Waals surface area contributed by atoms with Crippen molar-refractivity contribution in [2.24, 2.45) is 0 Å². The Labute approximate surface area is 86.7 Å². The van der Waals surface area contributed by atoms with Crippen LogP contribution < -0.4 is 0 Å². The van der Waals surface area contributed by atoms with Crippen LogP contribution in [0.1, 0.15) is 26.7 Å². The minimum atomic E-state index is -0.169. The summed E-state index contributed by atoms with van der Waals surface area (Å²) in [5.74, 6) is -0.169. The lowest BCUT2D eigenvalue weighted by Crippen LogP contribution is -2.36. The molecular weight excluding hydrogens is 178 g/mol. The van der Waals surface area contributed by atoms with E-state index in [0.717, 1.165) is 19.4 Å². The molecule has 0 saturated heterocycles. The van der Waals surface area contributed by atoms with Crippen LogP contribution in [0.15, 0.2) is 12.7 Å². The summed E-state index contributed by atoms with van der Waals surface area (Å²) in [6.45, 7) is 9.13. The third-order valence-corrected chi connectivity index (χ3v) is 2.14. The van der Waals surface area contributed by atoms with Crippen molar-refractivity contribution in [3.63, 3.8) is 0 Å². The Morgan fingerprint density at radius 1 is 1.57 bits per heavy atom. The van der Waals surface area contributed by atoms with Crippen molar-refractivity contribution in [1.82, 2.24) is 4.90 Å². The second-order valence-corrected chi connectivity index (χ2v) is 3.57. The van der Waals surface area contributed by atoms with Gasteiger partial charge >= 0.3 is 5.97 Å². The molecule has 0 spiro atoms. The summed E-state index contributed by atoms with van der Waals surface area (Å²) in [6, 6.07) is 0.374. The zero-order valence-corrected chi connectivity index (χ0v) is 9.45. The number of hydrogen-bond donors (Lipinski definition) is 0. The van der Waals surface area contributed by atoms with Crippen molar-refractivity contribution in [3.8, 4) is 0 Å². The van der Waals surface area contributed by atoms with E-state index in [0.29, 0.717) is 12.6 Å². The second kappa shape index (κ2) is 7.56. The highest BCUT2D eigenvalue weighted by atomic mass is 16.5. The molecule has 0 saturated carbocycles. The Hall–Kier alpha value is -0.830. The van der Waals surface area contributed by atoms with Crippen LogP contribution in [0.5, 0.6) is 0 Å². The average molecular weight is 199 g/mol. The molecule has 0 rings (SSSR count). The molecule has 0 aromatic heterocycles. The van der Waals surface area contributed by atoms with E-state index >= 15 is 0 Å². The number of esters is 1. The number of methoxy groups -OCH3 is 1. The Morgan fingerprint density at radius 3 is 2.64 bits per heavy atom. The first-order valence-corrected chi connectivity index (χ1v) is 5.03. The number of nitrogens with zero attached hydrogens (tertiary/aromatic N) is 1. The van der Waals surface area contributed by atoms with Crippen molar-refractivity contribution >= 4 is 5.97 Å². The quantitative estimate of drug-likeness (QED) is 0.356. The number of hydrogen-bond acceptors (Lipinski definition) is 3. The highest BCUT2D eigenvalue weighted by molar-refractivity contribution is 5.71. The molecule has 0 N–H and O–H groups in total. The van der Waals surface area contributed by atoms with Crippen molar-refractivity contribution in [1.29, 1.82) is 0 Å². The number of ether oxygens (including phenoxy) is 1. The molecule has 0 atom stereocenters. The lowest BCUT2D eigenvalue weighted by molar-refractivity contribution is -0.142. The Bertz CT molecular complexity index is 178. The van der Waals surface area contributed by atoms with Crippen LogP contribution in [0.4, 0.5) is 0 Å². The van der Waals surface area contributed by atoms with Gasteiger partial charge < -0.3 is 4.74 Å². The van der Waals surface area contributed by atoms with Crippen LogP contribution in [0.2, 0.25) is 0 Å². The number of carbonyl (C=O) groups excluding carboxylic acids is 1. The van der Waals surface area contributed by atoms with Gasteiger partial charge in [-0.15, -0.1) is 6.58 Å². The van der Waals surface area contributed by atoms with Crippen LogP contribution in [-0.4, -0.2) is 37.1 Å². The third kappa shape index (κ3) is 5.75. The van der Waals surface area contributed by atoms with E-state index in [9.17, 15) is 4.79 Å². The Morgan fingerprint density at radius 2 is 2.21 bits per heavy atom. The van der Waals surface area contributed by atoms with Crippen molar-refractivity contribution in [3.05, 3.63) is 12.7 Å². The van der Waals surface area contributed by atoms with Crippen molar-refractivity contribution < 1.29 is 9.53 Å². The van der Waals surface area contributed by atoms with Gasteiger partial charge in [-0.3, -0.25) is 9.69 Å². The minimum Gasteiger partial charge on any atom is -0.468 e. The molecule has 3 heteroatoms. The van der Waals surface area contributed by atoms with Gasteiger partial charge in [-0.1, -0.05) is 6.08 Å². The van der Waals surface area contributed by atoms with E-state index in [1.165, 1.54) is 7.11 Å². The molecule has 0 aromatic rings. The van der Waals surface area contributed by atoms with Crippen LogP contribution in [0.25, 0.3) is 0 Å². The molecule has 0 aromatic carbocycles. The molecule has 0 aliphatic rings. The topological polar surface area (TPSA) is 29.5 Å². The van der Waals surface area contributed by atoms with E-state index in [-0.39, 0.29) is 5.97 Å². The largest absolute Gasteiger partial charge is 0.468 e. The average Bonchev–Trinajstić information content (AvgIpc) is 2.16. The van der Waals surface area contributed by atoms with E-state index in [2.05, 4.69) is 30.1 Å². The summed E-state index contributed by atoms with van der Waals surface area (Å²) in [5, 5.41) is 0. The fourth-order valence-electron chi connectivity index (χ4n) is 1.19. The maximum atomic E-state index is 11.1. The van der Waals surface area contributed by atoms with E-state index in [1.807, 2.05) is 6.08 Å². The summed E-state index contributed by atoms with van der Waals surface area (Å²) in [7, 11) is 1.42. The Kier molecular flexibility index (Phi) is 7.11. The highest BCUT2D eigenvalue weighted by Crippen LogP contribution is 2.02. The van der Waals surface area contributed by atoms with Gasteiger partial charge in [0.15, 0.2) is 0 Å². The summed E-state index contributed by atoms with van der Waals surface area (Å²) < 4.78 is 4.64. The number of allylic oxidation sites excluding steroid dienone is 1. The SMILES string of the molecule is C=CCCCN(CC(=O)OC)C(C)C. The van der Waals surface area contributed by atoms with E-state index in [4.69, 9.17) is 0 Å². The number of rotatable bonds is 7. The fourth-order valence-corrected chi connectivity index (χ4v) is 1.19. The normalized spacial score (nSPS) is 10.6. The first kappa shape index (κ1) is 13.2. The van der Waals surface area contributed by atoms with E-state index < -0.39 is 0 Å². The van der Waals surface area contributed by atoms with Gasteiger partial charge in [0.05, 0.1) is 13.7 Å². The predicted octanol–water partition coefficient (Wildman–Crippen LogP) is 1.84. The Balaban J connectivity index is 3.89. The lowest BCUT2D eigenvalue weighted by atomic mass is 10.2. The molecule has 14 heavy (non-hydrogen) atoms. The van der Waals surface area contributed by atoms with Gasteiger partial charge in [-0.25, -0.2) is 0 Å². The van der Waals surface area contributed by atoms with Crippen LogP contribution in [0, 0.1) is 0 Å². The molecule has 0 bridgehead atoms. The van der Waals surface area contributed by atoms with Crippen LogP contribution >= 0.6 is 0 Å².